The van der Waals surface area contributed by atoms with Crippen molar-refractivity contribution in [3.63, 3.8) is 0 Å². The van der Waals surface area contributed by atoms with E-state index in [1.807, 2.05) is 0 Å². The molecule has 0 radical (unpaired) electrons. The van der Waals surface area contributed by atoms with Crippen molar-refractivity contribution in [2.24, 2.45) is 17.8 Å². The van der Waals surface area contributed by atoms with Crippen LogP contribution in [0, 0.1) is 17.8 Å². The van der Waals surface area contributed by atoms with Crippen molar-refractivity contribution < 1.29 is 21.6 Å². The molecule has 0 aromatic rings. The molecule has 0 amide bonds. The summed E-state index contributed by atoms with van der Waals surface area (Å²) in [6.45, 7) is 18.4. The summed E-state index contributed by atoms with van der Waals surface area (Å²) >= 11 is 0. The maximum Gasteiger partial charge on any atom is 0.217 e. The van der Waals surface area contributed by atoms with Gasteiger partial charge in [0.25, 0.3) is 0 Å². The van der Waals surface area contributed by atoms with Gasteiger partial charge in [-0.1, -0.05) is 99.3 Å². The monoisotopic (exact) mass is 521 g/mol. The second-order valence-corrected chi connectivity index (χ2v) is 13.3. The van der Waals surface area contributed by atoms with Crippen molar-refractivity contribution >= 4 is 10.4 Å². The van der Waals surface area contributed by atoms with Crippen LogP contribution >= 0.6 is 0 Å². The van der Waals surface area contributed by atoms with E-state index in [0.717, 1.165) is 24.9 Å². The molecule has 0 saturated carbocycles. The molecule has 0 aromatic carbocycles. The lowest BCUT2D eigenvalue weighted by Gasteiger charge is -2.35. The molecule has 0 aromatic heterocycles. The molecule has 0 heterocycles. The minimum atomic E-state index is -4.41. The van der Waals surface area contributed by atoms with E-state index >= 15 is 0 Å². The van der Waals surface area contributed by atoms with Crippen molar-refractivity contribution in [2.75, 3.05) is 33.8 Å². The van der Waals surface area contributed by atoms with Crippen LogP contribution in [0.25, 0.3) is 0 Å². The van der Waals surface area contributed by atoms with Crippen LogP contribution < -0.4 is 0 Å². The van der Waals surface area contributed by atoms with Gasteiger partial charge in [-0.15, -0.1) is 0 Å². The van der Waals surface area contributed by atoms with E-state index in [1.165, 1.54) is 120 Å². The molecule has 6 heteroatoms. The summed E-state index contributed by atoms with van der Waals surface area (Å²) < 4.78 is 32.4. The molecule has 0 rings (SSSR count). The van der Waals surface area contributed by atoms with Crippen LogP contribution in [0.5, 0.6) is 0 Å². The molecule has 0 N–H and O–H groups in total. The smallest absolute Gasteiger partial charge is 0.217 e. The summed E-state index contributed by atoms with van der Waals surface area (Å²) in [5, 5.41) is 0. The van der Waals surface area contributed by atoms with Gasteiger partial charge in [-0.25, -0.2) is 8.42 Å². The molecule has 214 valence electrons. The van der Waals surface area contributed by atoms with Gasteiger partial charge in [0.15, 0.2) is 0 Å². The fourth-order valence-corrected chi connectivity index (χ4v) is 4.53. The first-order chi connectivity index (χ1) is 16.3. The highest BCUT2D eigenvalue weighted by Crippen LogP contribution is 2.17. The second kappa shape index (κ2) is 23.0. The molecule has 0 spiro atoms. The molecular weight excluding hydrogens is 458 g/mol. The van der Waals surface area contributed by atoms with Crippen LogP contribution in [0.3, 0.4) is 0 Å². The maximum atomic E-state index is 9.22. The summed E-state index contributed by atoms with van der Waals surface area (Å²) in [5.74, 6) is 2.63. The van der Waals surface area contributed by atoms with Crippen LogP contribution in [-0.2, 0) is 14.6 Å². The Balaban J connectivity index is 0. The molecule has 0 bridgehead atoms. The van der Waals surface area contributed by atoms with Gasteiger partial charge in [0.2, 0.25) is 10.4 Å². The van der Waals surface area contributed by atoms with Crippen LogP contribution in [0.15, 0.2) is 0 Å². The van der Waals surface area contributed by atoms with Crippen molar-refractivity contribution in [1.29, 1.82) is 0 Å². The third kappa shape index (κ3) is 31.8. The molecule has 0 aliphatic heterocycles. The Morgan fingerprint density at radius 2 is 0.800 bits per heavy atom. The molecule has 0 unspecified atom stereocenters. The topological polar surface area (TPSA) is 66.4 Å². The normalized spacial score (nSPS) is 12.5. The van der Waals surface area contributed by atoms with Crippen LogP contribution in [0.1, 0.15) is 138 Å². The predicted molar refractivity (Wildman–Crippen MR) is 151 cm³/mol. The Morgan fingerprint density at radius 1 is 0.571 bits per heavy atom. The van der Waals surface area contributed by atoms with E-state index in [2.05, 4.69) is 52.8 Å². The summed E-state index contributed by atoms with van der Waals surface area (Å²) in [6.07, 6.45) is 21.6. The third-order valence-electron chi connectivity index (χ3n) is 6.89. The van der Waals surface area contributed by atoms with Crippen LogP contribution in [0.2, 0.25) is 0 Å². The fourth-order valence-electron chi connectivity index (χ4n) is 4.53. The van der Waals surface area contributed by atoms with Gasteiger partial charge in [-0.05, 0) is 56.3 Å². The SMILES string of the molecule is CC(C)CCCCCC[N+](C)(CCCCCCC(C)C)CCCCCCC(C)C.COS(=O)(=O)[O-]. The first kappa shape index (κ1) is 37.0. The quantitative estimate of drug-likeness (QED) is 0.0621. The molecular formula is C29H63NO4S. The van der Waals surface area contributed by atoms with Crippen molar-refractivity contribution in [1.82, 2.24) is 0 Å². The van der Waals surface area contributed by atoms with E-state index in [4.69, 9.17) is 0 Å². The van der Waals surface area contributed by atoms with E-state index in [0.29, 0.717) is 0 Å². The zero-order valence-corrected chi connectivity index (χ0v) is 25.8. The summed E-state index contributed by atoms with van der Waals surface area (Å²) in [6, 6.07) is 0. The zero-order chi connectivity index (χ0) is 27.2. The number of nitrogens with zero attached hydrogens (tertiary/aromatic N) is 1. The average molecular weight is 522 g/mol. The molecule has 5 nitrogen and oxygen atoms in total. The van der Waals surface area contributed by atoms with Crippen molar-refractivity contribution in [3.8, 4) is 0 Å². The lowest BCUT2D eigenvalue weighted by molar-refractivity contribution is -0.910. The standard InChI is InChI=1S/C28H60N.CH4O4S/c1-26(2)20-14-8-11-17-23-29(7,24-18-12-9-15-21-27(3)4)25-19-13-10-16-22-28(5)6;1-5-6(2,3)4/h26-28H,8-25H2,1-7H3;1H3,(H,2,3,4)/q+1;/p-1. The van der Waals surface area contributed by atoms with Gasteiger partial charge in [0, 0.05) is 0 Å². The van der Waals surface area contributed by atoms with Gasteiger partial charge in [-0.2, -0.15) is 0 Å². The highest BCUT2D eigenvalue weighted by Gasteiger charge is 2.20. The number of hydrogen-bond donors (Lipinski definition) is 0. The zero-order valence-electron chi connectivity index (χ0n) is 24.9. The molecule has 0 aliphatic carbocycles. The lowest BCUT2D eigenvalue weighted by Crippen LogP contribution is -2.46. The van der Waals surface area contributed by atoms with Crippen LogP contribution in [-0.4, -0.2) is 51.2 Å². The first-order valence-corrected chi connectivity index (χ1v) is 16.0. The van der Waals surface area contributed by atoms with Crippen LogP contribution in [0.4, 0.5) is 0 Å². The van der Waals surface area contributed by atoms with Gasteiger partial charge in [-0.3, -0.25) is 4.18 Å². The molecule has 0 fully saturated rings. The maximum absolute atomic E-state index is 9.22. The Morgan fingerprint density at radius 3 is 1.00 bits per heavy atom. The Labute approximate surface area is 221 Å². The highest BCUT2D eigenvalue weighted by atomic mass is 32.3. The second-order valence-electron chi connectivity index (χ2n) is 12.2. The average Bonchev–Trinajstić information content (AvgIpc) is 2.75. The van der Waals surface area contributed by atoms with Gasteiger partial charge in [0.05, 0.1) is 33.8 Å². The molecule has 0 aliphatic rings. The number of hydrogen-bond acceptors (Lipinski definition) is 4. The summed E-state index contributed by atoms with van der Waals surface area (Å²) in [5.41, 5.74) is 0. The van der Waals surface area contributed by atoms with E-state index < -0.39 is 10.4 Å². The molecule has 0 saturated heterocycles. The number of quaternary nitrogens is 1. The number of rotatable bonds is 22. The Bertz CT molecular complexity index is 497. The van der Waals surface area contributed by atoms with Gasteiger partial charge >= 0.3 is 0 Å². The molecule has 0 atom stereocenters. The fraction of sp³-hybridized carbons (Fsp3) is 1.00. The number of unbranched alkanes of at least 4 members (excludes halogenated alkanes) is 9. The van der Waals surface area contributed by atoms with E-state index in [-0.39, 0.29) is 0 Å². The minimum Gasteiger partial charge on any atom is -0.726 e. The Hall–Kier alpha value is -0.170. The summed E-state index contributed by atoms with van der Waals surface area (Å²) in [7, 11) is -1.04. The predicted octanol–water partition coefficient (Wildman–Crippen LogP) is 8.35. The van der Waals surface area contributed by atoms with E-state index in [1.54, 1.807) is 0 Å². The Kier molecular flexibility index (Phi) is 24.3. The minimum absolute atomic E-state index is 0.808. The van der Waals surface area contributed by atoms with Crippen molar-refractivity contribution in [2.45, 2.75) is 138 Å². The van der Waals surface area contributed by atoms with Crippen molar-refractivity contribution in [3.05, 3.63) is 0 Å². The van der Waals surface area contributed by atoms with Gasteiger partial charge in [0.1, 0.15) is 0 Å². The van der Waals surface area contributed by atoms with Gasteiger partial charge < -0.3 is 9.04 Å². The third-order valence-corrected chi connectivity index (χ3v) is 7.30. The molecule has 35 heavy (non-hydrogen) atoms. The highest BCUT2D eigenvalue weighted by molar-refractivity contribution is 7.80. The lowest BCUT2D eigenvalue weighted by atomic mass is 10.0. The largest absolute Gasteiger partial charge is 0.726 e. The first-order valence-electron chi connectivity index (χ1n) is 14.7. The summed E-state index contributed by atoms with van der Waals surface area (Å²) in [4.78, 5) is 0. The van der Waals surface area contributed by atoms with E-state index in [9.17, 15) is 13.0 Å².